The number of hydrogen-bond donors (Lipinski definition) is 2. The van der Waals surface area contributed by atoms with E-state index in [2.05, 4.69) is 15.3 Å². The molecular weight excluding hydrogens is 254 g/mol. The van der Waals surface area contributed by atoms with E-state index in [-0.39, 0.29) is 17.0 Å². The van der Waals surface area contributed by atoms with Crippen molar-refractivity contribution < 1.29 is 4.79 Å². The Kier molecular flexibility index (Phi) is 3.33. The third-order valence-electron chi connectivity index (χ3n) is 3.51. The van der Waals surface area contributed by atoms with Crippen molar-refractivity contribution in [2.24, 2.45) is 0 Å². The molecule has 5 heteroatoms. The summed E-state index contributed by atoms with van der Waals surface area (Å²) in [4.78, 5) is 30.8. The van der Waals surface area contributed by atoms with Gasteiger partial charge in [0.25, 0.3) is 11.5 Å². The average molecular weight is 269 g/mol. The number of aryl methyl sites for hydroxylation is 2. The first-order valence-electron chi connectivity index (χ1n) is 6.66. The molecule has 5 nitrogen and oxygen atoms in total. The highest BCUT2D eigenvalue weighted by molar-refractivity contribution is 5.94. The van der Waals surface area contributed by atoms with E-state index in [1.54, 1.807) is 18.5 Å². The van der Waals surface area contributed by atoms with Crippen molar-refractivity contribution >= 4 is 5.91 Å². The number of rotatable bonds is 3. The second-order valence-corrected chi connectivity index (χ2v) is 4.91. The maximum atomic E-state index is 12.1. The van der Waals surface area contributed by atoms with Crippen LogP contribution < -0.4 is 10.9 Å². The van der Waals surface area contributed by atoms with Crippen LogP contribution in [0.15, 0.2) is 35.4 Å². The Morgan fingerprint density at radius 3 is 3.10 bits per heavy atom. The molecule has 2 aromatic rings. The Labute approximate surface area is 116 Å². The molecule has 3 rings (SSSR count). The van der Waals surface area contributed by atoms with Gasteiger partial charge >= 0.3 is 0 Å². The summed E-state index contributed by atoms with van der Waals surface area (Å²) in [6, 6.07) is 5.41. The van der Waals surface area contributed by atoms with E-state index in [0.29, 0.717) is 6.54 Å². The molecule has 2 N–H and O–H groups in total. The summed E-state index contributed by atoms with van der Waals surface area (Å²) in [6.45, 7) is 0.364. The Hall–Kier alpha value is -2.43. The molecule has 20 heavy (non-hydrogen) atoms. The van der Waals surface area contributed by atoms with Crippen LogP contribution in [0.2, 0.25) is 0 Å². The molecule has 0 saturated heterocycles. The van der Waals surface area contributed by atoms with E-state index in [9.17, 15) is 9.59 Å². The van der Waals surface area contributed by atoms with Crippen LogP contribution in [0.25, 0.3) is 0 Å². The van der Waals surface area contributed by atoms with Crippen molar-refractivity contribution in [3.63, 3.8) is 0 Å². The molecule has 1 amide bonds. The Morgan fingerprint density at radius 1 is 1.40 bits per heavy atom. The van der Waals surface area contributed by atoms with E-state index < -0.39 is 0 Å². The fraction of sp³-hybridized carbons (Fsp3) is 0.267. The van der Waals surface area contributed by atoms with Crippen LogP contribution in [0.5, 0.6) is 0 Å². The quantitative estimate of drug-likeness (QED) is 0.879. The number of H-pyrrole nitrogens is 1. The number of aromatic amines is 1. The normalized spacial score (nSPS) is 13.0. The van der Waals surface area contributed by atoms with Gasteiger partial charge in [0.2, 0.25) is 0 Å². The zero-order chi connectivity index (χ0) is 13.9. The number of hydrogen-bond acceptors (Lipinski definition) is 3. The van der Waals surface area contributed by atoms with Gasteiger partial charge in [-0.1, -0.05) is 6.07 Å². The van der Waals surface area contributed by atoms with Crippen LogP contribution in [-0.4, -0.2) is 15.9 Å². The van der Waals surface area contributed by atoms with Crippen molar-refractivity contribution in [3.8, 4) is 0 Å². The lowest BCUT2D eigenvalue weighted by molar-refractivity contribution is 0.0949. The third kappa shape index (κ3) is 2.47. The van der Waals surface area contributed by atoms with Gasteiger partial charge < -0.3 is 10.3 Å². The molecule has 1 aliphatic rings. The van der Waals surface area contributed by atoms with Crippen molar-refractivity contribution in [2.75, 3.05) is 0 Å². The SMILES string of the molecule is O=C(NCc1cccnc1)c1cc2c([nH]c1=O)CCC2. The second kappa shape index (κ2) is 5.28. The van der Waals surface area contributed by atoms with Crippen LogP contribution in [-0.2, 0) is 19.4 Å². The van der Waals surface area contributed by atoms with Gasteiger partial charge in [0.1, 0.15) is 5.56 Å². The van der Waals surface area contributed by atoms with Gasteiger partial charge in [-0.05, 0) is 42.5 Å². The van der Waals surface area contributed by atoms with E-state index in [1.165, 1.54) is 0 Å². The van der Waals surface area contributed by atoms with Crippen molar-refractivity contribution in [3.05, 3.63) is 63.3 Å². The fourth-order valence-corrected chi connectivity index (χ4v) is 2.46. The average Bonchev–Trinajstić information content (AvgIpc) is 2.92. The Morgan fingerprint density at radius 2 is 2.30 bits per heavy atom. The molecule has 0 bridgehead atoms. The number of nitrogens with one attached hydrogen (secondary N) is 2. The van der Waals surface area contributed by atoms with Crippen LogP contribution in [0.4, 0.5) is 0 Å². The van der Waals surface area contributed by atoms with E-state index in [4.69, 9.17) is 0 Å². The topological polar surface area (TPSA) is 74.8 Å². The van der Waals surface area contributed by atoms with E-state index in [0.717, 1.165) is 36.1 Å². The van der Waals surface area contributed by atoms with Gasteiger partial charge in [-0.15, -0.1) is 0 Å². The first-order valence-corrected chi connectivity index (χ1v) is 6.66. The van der Waals surface area contributed by atoms with Gasteiger partial charge in [0, 0.05) is 24.6 Å². The molecule has 0 unspecified atom stereocenters. The molecular formula is C15H15N3O2. The van der Waals surface area contributed by atoms with Gasteiger partial charge in [-0.3, -0.25) is 14.6 Å². The molecule has 0 atom stereocenters. The molecule has 0 saturated carbocycles. The number of amides is 1. The number of nitrogens with zero attached hydrogens (tertiary/aromatic N) is 1. The van der Waals surface area contributed by atoms with Gasteiger partial charge in [-0.25, -0.2) is 0 Å². The highest BCUT2D eigenvalue weighted by Crippen LogP contribution is 2.18. The summed E-state index contributed by atoms with van der Waals surface area (Å²) in [6.07, 6.45) is 6.22. The lowest BCUT2D eigenvalue weighted by atomic mass is 10.1. The van der Waals surface area contributed by atoms with E-state index >= 15 is 0 Å². The molecule has 0 fully saturated rings. The maximum Gasteiger partial charge on any atom is 0.261 e. The summed E-state index contributed by atoms with van der Waals surface area (Å²) < 4.78 is 0. The minimum absolute atomic E-state index is 0.189. The van der Waals surface area contributed by atoms with Gasteiger partial charge in [0.15, 0.2) is 0 Å². The van der Waals surface area contributed by atoms with E-state index in [1.807, 2.05) is 12.1 Å². The van der Waals surface area contributed by atoms with Crippen LogP contribution in [0.3, 0.4) is 0 Å². The summed E-state index contributed by atoms with van der Waals surface area (Å²) in [5.74, 6) is -0.343. The maximum absolute atomic E-state index is 12.1. The molecule has 2 aromatic heterocycles. The first-order chi connectivity index (χ1) is 9.74. The van der Waals surface area contributed by atoms with Gasteiger partial charge in [0.05, 0.1) is 0 Å². The summed E-state index contributed by atoms with van der Waals surface area (Å²) >= 11 is 0. The first kappa shape index (κ1) is 12.6. The fourth-order valence-electron chi connectivity index (χ4n) is 2.46. The van der Waals surface area contributed by atoms with Crippen LogP contribution in [0, 0.1) is 0 Å². The highest BCUT2D eigenvalue weighted by Gasteiger charge is 2.17. The van der Waals surface area contributed by atoms with Crippen molar-refractivity contribution in [1.29, 1.82) is 0 Å². The van der Waals surface area contributed by atoms with Gasteiger partial charge in [-0.2, -0.15) is 0 Å². The smallest absolute Gasteiger partial charge is 0.261 e. The largest absolute Gasteiger partial charge is 0.348 e. The lowest BCUT2D eigenvalue weighted by Gasteiger charge is -2.06. The van der Waals surface area contributed by atoms with Crippen molar-refractivity contribution in [1.82, 2.24) is 15.3 Å². The molecule has 2 heterocycles. The minimum atomic E-state index is -0.343. The number of aromatic nitrogens is 2. The molecule has 0 aromatic carbocycles. The minimum Gasteiger partial charge on any atom is -0.348 e. The summed E-state index contributed by atoms with van der Waals surface area (Å²) in [7, 11) is 0. The molecule has 102 valence electrons. The lowest BCUT2D eigenvalue weighted by Crippen LogP contribution is -2.29. The highest BCUT2D eigenvalue weighted by atomic mass is 16.2. The molecule has 0 radical (unpaired) electrons. The second-order valence-electron chi connectivity index (χ2n) is 4.91. The standard InChI is InChI=1S/C15H15N3O2/c19-14(17-9-10-3-2-6-16-8-10)12-7-11-4-1-5-13(11)18-15(12)20/h2-3,6-8H,1,4-5,9H2,(H,17,19)(H,18,20). The zero-order valence-corrected chi connectivity index (χ0v) is 11.0. The molecule has 0 aliphatic heterocycles. The number of carbonyl (C=O) groups excluding carboxylic acids is 1. The monoisotopic (exact) mass is 269 g/mol. The van der Waals surface area contributed by atoms with Crippen molar-refractivity contribution in [2.45, 2.75) is 25.8 Å². The summed E-state index contributed by atoms with van der Waals surface area (Å²) in [5, 5.41) is 2.75. The number of pyridine rings is 2. The number of fused-ring (bicyclic) bond motifs is 1. The Bertz CT molecular complexity index is 692. The number of carbonyl (C=O) groups is 1. The van der Waals surface area contributed by atoms with Crippen LogP contribution in [0.1, 0.15) is 33.6 Å². The predicted octanol–water partition coefficient (Wildman–Crippen LogP) is 1.19. The molecule has 1 aliphatic carbocycles. The summed E-state index contributed by atoms with van der Waals surface area (Å²) in [5.41, 5.74) is 2.83. The Balaban J connectivity index is 1.76. The van der Waals surface area contributed by atoms with Crippen LogP contribution >= 0.6 is 0 Å². The zero-order valence-electron chi connectivity index (χ0n) is 11.0. The molecule has 0 spiro atoms. The third-order valence-corrected chi connectivity index (χ3v) is 3.51. The predicted molar refractivity (Wildman–Crippen MR) is 74.5 cm³/mol.